The number of methoxy groups -OCH3 is 1. The SMILES string of the molecule is COc1ccc2cccc(C=C3C(=O)NC(=S)N(c4ccc(Br)cc4)C3=O)c2c1. The third-order valence-corrected chi connectivity index (χ3v) is 5.42. The van der Waals surface area contributed by atoms with Gasteiger partial charge in [0, 0.05) is 4.47 Å². The fourth-order valence-electron chi connectivity index (χ4n) is 3.17. The minimum Gasteiger partial charge on any atom is -0.497 e. The Balaban J connectivity index is 1.81. The smallest absolute Gasteiger partial charge is 0.270 e. The van der Waals surface area contributed by atoms with Crippen LogP contribution in [0, 0.1) is 0 Å². The summed E-state index contributed by atoms with van der Waals surface area (Å²) in [5.41, 5.74) is 1.33. The number of hydrogen-bond donors (Lipinski definition) is 1. The van der Waals surface area contributed by atoms with Gasteiger partial charge in [-0.05, 0) is 71.0 Å². The van der Waals surface area contributed by atoms with Crippen LogP contribution in [0.25, 0.3) is 16.8 Å². The number of rotatable bonds is 3. The number of amides is 2. The predicted octanol–water partition coefficient (Wildman–Crippen LogP) is 4.44. The molecule has 5 nitrogen and oxygen atoms in total. The third-order valence-electron chi connectivity index (χ3n) is 4.61. The second-order valence-corrected chi connectivity index (χ2v) is 7.67. The van der Waals surface area contributed by atoms with Crippen LogP contribution in [0.4, 0.5) is 5.69 Å². The highest BCUT2D eigenvalue weighted by molar-refractivity contribution is 9.10. The van der Waals surface area contributed by atoms with Gasteiger partial charge in [0.1, 0.15) is 11.3 Å². The molecule has 4 rings (SSSR count). The number of nitrogens with one attached hydrogen (secondary N) is 1. The van der Waals surface area contributed by atoms with Crippen LogP contribution in [0.15, 0.2) is 70.7 Å². The van der Waals surface area contributed by atoms with Crippen molar-refractivity contribution in [2.45, 2.75) is 0 Å². The molecule has 0 bridgehead atoms. The van der Waals surface area contributed by atoms with Crippen molar-refractivity contribution in [1.29, 1.82) is 0 Å². The van der Waals surface area contributed by atoms with Crippen molar-refractivity contribution in [3.8, 4) is 5.75 Å². The number of nitrogens with zero attached hydrogens (tertiary/aromatic N) is 1. The number of ether oxygens (including phenoxy) is 1. The lowest BCUT2D eigenvalue weighted by Gasteiger charge is -2.29. The quantitative estimate of drug-likeness (QED) is 0.352. The van der Waals surface area contributed by atoms with Gasteiger partial charge in [-0.1, -0.05) is 40.2 Å². The van der Waals surface area contributed by atoms with Crippen molar-refractivity contribution < 1.29 is 14.3 Å². The van der Waals surface area contributed by atoms with E-state index in [2.05, 4.69) is 21.2 Å². The van der Waals surface area contributed by atoms with Crippen molar-refractivity contribution in [3.05, 3.63) is 76.3 Å². The van der Waals surface area contributed by atoms with Gasteiger partial charge in [-0.3, -0.25) is 19.8 Å². The lowest BCUT2D eigenvalue weighted by atomic mass is 10.0. The zero-order valence-corrected chi connectivity index (χ0v) is 17.7. The molecule has 1 saturated heterocycles. The standard InChI is InChI=1S/C22H15BrN2O3S/c1-28-17-10-5-13-3-2-4-14(18(13)12-17)11-19-20(26)24-22(29)25(21(19)27)16-8-6-15(23)7-9-16/h2-12H,1H3,(H,24,26,29). The number of hydrogen-bond acceptors (Lipinski definition) is 4. The van der Waals surface area contributed by atoms with E-state index in [0.717, 1.165) is 20.8 Å². The molecule has 0 atom stereocenters. The first-order valence-electron chi connectivity index (χ1n) is 8.72. The van der Waals surface area contributed by atoms with Crippen LogP contribution < -0.4 is 15.0 Å². The molecule has 144 valence electrons. The molecule has 3 aromatic rings. The van der Waals surface area contributed by atoms with Crippen molar-refractivity contribution >= 4 is 67.6 Å². The lowest BCUT2D eigenvalue weighted by Crippen LogP contribution is -2.54. The summed E-state index contributed by atoms with van der Waals surface area (Å²) in [6.45, 7) is 0. The molecule has 0 unspecified atom stereocenters. The molecule has 1 aliphatic heterocycles. The van der Waals surface area contributed by atoms with Gasteiger partial charge in [-0.25, -0.2) is 0 Å². The zero-order valence-electron chi connectivity index (χ0n) is 15.3. The topological polar surface area (TPSA) is 58.6 Å². The monoisotopic (exact) mass is 466 g/mol. The number of halogens is 1. The molecule has 1 N–H and O–H groups in total. The predicted molar refractivity (Wildman–Crippen MR) is 121 cm³/mol. The molecule has 1 fully saturated rings. The van der Waals surface area contributed by atoms with Gasteiger partial charge in [-0.2, -0.15) is 0 Å². The summed E-state index contributed by atoms with van der Waals surface area (Å²) in [6, 6.07) is 18.5. The van der Waals surface area contributed by atoms with E-state index in [0.29, 0.717) is 11.4 Å². The highest BCUT2D eigenvalue weighted by Crippen LogP contribution is 2.28. The second kappa shape index (κ2) is 7.77. The van der Waals surface area contributed by atoms with E-state index < -0.39 is 11.8 Å². The van der Waals surface area contributed by atoms with E-state index in [1.807, 2.05) is 48.5 Å². The van der Waals surface area contributed by atoms with Gasteiger partial charge in [-0.15, -0.1) is 0 Å². The maximum Gasteiger partial charge on any atom is 0.270 e. The van der Waals surface area contributed by atoms with Crippen LogP contribution >= 0.6 is 28.1 Å². The van der Waals surface area contributed by atoms with Crippen molar-refractivity contribution in [2.75, 3.05) is 12.0 Å². The van der Waals surface area contributed by atoms with Crippen LogP contribution in [0.1, 0.15) is 5.56 Å². The fraction of sp³-hybridized carbons (Fsp3) is 0.0455. The number of carbonyl (C=O) groups excluding carboxylic acids is 2. The Morgan fingerprint density at radius 3 is 2.55 bits per heavy atom. The Labute approximate surface area is 181 Å². The molecule has 1 heterocycles. The largest absolute Gasteiger partial charge is 0.497 e. The molecule has 0 radical (unpaired) electrons. The van der Waals surface area contributed by atoms with Crippen LogP contribution in [0.3, 0.4) is 0 Å². The van der Waals surface area contributed by atoms with Gasteiger partial charge < -0.3 is 4.74 Å². The average Bonchev–Trinajstić information content (AvgIpc) is 2.72. The van der Waals surface area contributed by atoms with Gasteiger partial charge in [0.2, 0.25) is 0 Å². The summed E-state index contributed by atoms with van der Waals surface area (Å²) < 4.78 is 6.19. The van der Waals surface area contributed by atoms with Gasteiger partial charge in [0.05, 0.1) is 12.8 Å². The first kappa shape index (κ1) is 19.3. The number of fused-ring (bicyclic) bond motifs is 1. The third kappa shape index (κ3) is 3.66. The molecule has 0 aromatic heterocycles. The highest BCUT2D eigenvalue weighted by atomic mass is 79.9. The summed E-state index contributed by atoms with van der Waals surface area (Å²) in [7, 11) is 1.59. The molecule has 0 spiro atoms. The van der Waals surface area contributed by atoms with Crippen LogP contribution in [0.5, 0.6) is 5.75 Å². The minimum atomic E-state index is -0.520. The summed E-state index contributed by atoms with van der Waals surface area (Å²) in [4.78, 5) is 27.1. The first-order chi connectivity index (χ1) is 14.0. The second-order valence-electron chi connectivity index (χ2n) is 6.37. The van der Waals surface area contributed by atoms with E-state index in [9.17, 15) is 9.59 Å². The van der Waals surface area contributed by atoms with Crippen molar-refractivity contribution in [2.24, 2.45) is 0 Å². The molecular formula is C22H15BrN2O3S. The summed E-state index contributed by atoms with van der Waals surface area (Å²) in [6.07, 6.45) is 1.59. The Kier molecular flexibility index (Phi) is 5.17. The van der Waals surface area contributed by atoms with Crippen LogP contribution in [0.2, 0.25) is 0 Å². The Morgan fingerprint density at radius 1 is 1.07 bits per heavy atom. The summed E-state index contributed by atoms with van der Waals surface area (Å²) in [5.74, 6) is -0.297. The summed E-state index contributed by atoms with van der Waals surface area (Å²) >= 11 is 8.61. The van der Waals surface area contributed by atoms with Gasteiger partial charge in [0.15, 0.2) is 5.11 Å². The maximum atomic E-state index is 13.2. The van der Waals surface area contributed by atoms with Gasteiger partial charge in [0.25, 0.3) is 11.8 Å². The molecule has 29 heavy (non-hydrogen) atoms. The van der Waals surface area contributed by atoms with E-state index >= 15 is 0 Å². The Bertz CT molecular complexity index is 1190. The molecule has 0 saturated carbocycles. The molecular weight excluding hydrogens is 452 g/mol. The number of anilines is 1. The Morgan fingerprint density at radius 2 is 1.83 bits per heavy atom. The van der Waals surface area contributed by atoms with Crippen molar-refractivity contribution in [3.63, 3.8) is 0 Å². The van der Waals surface area contributed by atoms with E-state index in [4.69, 9.17) is 17.0 Å². The molecule has 3 aromatic carbocycles. The number of benzene rings is 3. The van der Waals surface area contributed by atoms with E-state index in [1.54, 1.807) is 25.3 Å². The molecule has 7 heteroatoms. The van der Waals surface area contributed by atoms with Crippen LogP contribution in [-0.4, -0.2) is 24.0 Å². The van der Waals surface area contributed by atoms with Crippen LogP contribution in [-0.2, 0) is 9.59 Å². The van der Waals surface area contributed by atoms with Gasteiger partial charge >= 0.3 is 0 Å². The average molecular weight is 467 g/mol. The van der Waals surface area contributed by atoms with E-state index in [1.165, 1.54) is 4.90 Å². The number of carbonyl (C=O) groups is 2. The minimum absolute atomic E-state index is 0.0110. The maximum absolute atomic E-state index is 13.2. The lowest BCUT2D eigenvalue weighted by molar-refractivity contribution is -0.122. The molecule has 1 aliphatic rings. The molecule has 0 aliphatic carbocycles. The molecule has 2 amide bonds. The normalized spacial score (nSPS) is 15.7. The number of thiocarbonyl (C=S) groups is 1. The fourth-order valence-corrected chi connectivity index (χ4v) is 3.71. The zero-order chi connectivity index (χ0) is 20.5. The van der Waals surface area contributed by atoms with E-state index in [-0.39, 0.29) is 10.7 Å². The summed E-state index contributed by atoms with van der Waals surface area (Å²) in [5, 5.41) is 4.52. The van der Waals surface area contributed by atoms with Crippen molar-refractivity contribution in [1.82, 2.24) is 5.32 Å². The first-order valence-corrected chi connectivity index (χ1v) is 9.92. The highest BCUT2D eigenvalue weighted by Gasteiger charge is 2.34. The Hall–Kier alpha value is -3.03.